The zero-order valence-corrected chi connectivity index (χ0v) is 12.2. The molecule has 15 heavy (non-hydrogen) atoms. The molecule has 5 heteroatoms. The van der Waals surface area contributed by atoms with Gasteiger partial charge in [-0.25, -0.2) is 8.42 Å². The summed E-state index contributed by atoms with van der Waals surface area (Å²) in [5.74, 6) is 0.240. The van der Waals surface area contributed by atoms with Gasteiger partial charge in [-0.2, -0.15) is 0 Å². The van der Waals surface area contributed by atoms with Crippen LogP contribution in [0, 0.1) is 0 Å². The first-order chi connectivity index (χ1) is 6.94. The van der Waals surface area contributed by atoms with Crippen LogP contribution in [-0.4, -0.2) is 37.3 Å². The van der Waals surface area contributed by atoms with Crippen LogP contribution in [0.5, 0.6) is 0 Å². The lowest BCUT2D eigenvalue weighted by molar-refractivity contribution is 0.500. The van der Waals surface area contributed by atoms with E-state index in [9.17, 15) is 8.42 Å². The molecule has 1 unspecified atom stereocenters. The molecule has 0 aromatic carbocycles. The van der Waals surface area contributed by atoms with E-state index in [2.05, 4.69) is 28.2 Å². The van der Waals surface area contributed by atoms with E-state index in [1.807, 2.05) is 0 Å². The Hall–Kier alpha value is 0.390. The average molecular weight is 300 g/mol. The first-order valence-corrected chi connectivity index (χ1v) is 8.28. The van der Waals surface area contributed by atoms with Crippen LogP contribution < -0.4 is 5.32 Å². The van der Waals surface area contributed by atoms with Gasteiger partial charge in [0.05, 0.1) is 11.0 Å². The Kier molecular flexibility index (Phi) is 7.83. The maximum Gasteiger partial charge on any atom is 0.153 e. The summed E-state index contributed by atoms with van der Waals surface area (Å²) < 4.78 is 23.0. The molecule has 0 fully saturated rings. The Morgan fingerprint density at radius 2 is 1.93 bits per heavy atom. The van der Waals surface area contributed by atoms with Crippen LogP contribution in [0.25, 0.3) is 0 Å². The second kappa shape index (κ2) is 7.63. The minimum atomic E-state index is -2.89. The van der Waals surface area contributed by atoms with Crippen molar-refractivity contribution in [1.82, 2.24) is 5.32 Å². The smallest absolute Gasteiger partial charge is 0.153 e. The van der Waals surface area contributed by atoms with Gasteiger partial charge >= 0.3 is 0 Å². The molecule has 0 aromatic rings. The Bertz CT molecular complexity index is 252. The SMILES string of the molecule is CCC(CCBr)NCCS(=O)(=O)C(C)C. The molecule has 92 valence electrons. The van der Waals surface area contributed by atoms with Gasteiger partial charge in [0.2, 0.25) is 0 Å². The van der Waals surface area contributed by atoms with Crippen LogP contribution in [0.2, 0.25) is 0 Å². The molecule has 1 N–H and O–H groups in total. The molecule has 1 atom stereocenters. The molecule has 0 heterocycles. The Morgan fingerprint density at radius 1 is 1.33 bits per heavy atom. The molecule has 0 aliphatic carbocycles. The van der Waals surface area contributed by atoms with Gasteiger partial charge in [0.25, 0.3) is 0 Å². The van der Waals surface area contributed by atoms with E-state index in [4.69, 9.17) is 0 Å². The number of sulfone groups is 1. The maximum absolute atomic E-state index is 11.5. The Balaban J connectivity index is 3.87. The highest BCUT2D eigenvalue weighted by Gasteiger charge is 2.15. The van der Waals surface area contributed by atoms with Crippen molar-refractivity contribution in [2.45, 2.75) is 44.9 Å². The van der Waals surface area contributed by atoms with Gasteiger partial charge in [-0.1, -0.05) is 22.9 Å². The van der Waals surface area contributed by atoms with Gasteiger partial charge in [-0.05, 0) is 26.7 Å². The van der Waals surface area contributed by atoms with E-state index in [0.29, 0.717) is 12.6 Å². The quantitative estimate of drug-likeness (QED) is 0.697. The van der Waals surface area contributed by atoms with Crippen molar-refractivity contribution in [3.63, 3.8) is 0 Å². The van der Waals surface area contributed by atoms with Crippen LogP contribution in [0.1, 0.15) is 33.6 Å². The van der Waals surface area contributed by atoms with Crippen molar-refractivity contribution in [3.05, 3.63) is 0 Å². The third kappa shape index (κ3) is 6.53. The van der Waals surface area contributed by atoms with Gasteiger partial charge in [0.15, 0.2) is 9.84 Å². The molecule has 0 rings (SSSR count). The topological polar surface area (TPSA) is 46.2 Å². The minimum Gasteiger partial charge on any atom is -0.313 e. The zero-order valence-electron chi connectivity index (χ0n) is 9.79. The number of nitrogens with one attached hydrogen (secondary N) is 1. The molecular formula is C10H22BrNO2S. The van der Waals surface area contributed by atoms with Crippen molar-refractivity contribution in [2.75, 3.05) is 17.6 Å². The average Bonchev–Trinajstić information content (AvgIpc) is 2.16. The molecule has 0 aromatic heterocycles. The standard InChI is InChI=1S/C10H22BrNO2S/c1-4-10(5-6-11)12-7-8-15(13,14)9(2)3/h9-10,12H,4-8H2,1-3H3. The lowest BCUT2D eigenvalue weighted by atomic mass is 10.2. The van der Waals surface area contributed by atoms with Crippen LogP contribution in [-0.2, 0) is 9.84 Å². The van der Waals surface area contributed by atoms with Gasteiger partial charge in [-0.15, -0.1) is 0 Å². The summed E-state index contributed by atoms with van der Waals surface area (Å²) in [4.78, 5) is 0. The highest BCUT2D eigenvalue weighted by molar-refractivity contribution is 9.09. The zero-order chi connectivity index (χ0) is 11.9. The van der Waals surface area contributed by atoms with E-state index < -0.39 is 9.84 Å². The van der Waals surface area contributed by atoms with Crippen molar-refractivity contribution in [2.24, 2.45) is 0 Å². The summed E-state index contributed by atoms with van der Waals surface area (Å²) in [6, 6.07) is 0.423. The molecule has 3 nitrogen and oxygen atoms in total. The fourth-order valence-corrected chi connectivity index (χ4v) is 2.65. The van der Waals surface area contributed by atoms with E-state index in [1.165, 1.54) is 0 Å². The van der Waals surface area contributed by atoms with Crippen LogP contribution in [0.4, 0.5) is 0 Å². The highest BCUT2D eigenvalue weighted by atomic mass is 79.9. The van der Waals surface area contributed by atoms with Crippen LogP contribution in [0.15, 0.2) is 0 Å². The van der Waals surface area contributed by atoms with Gasteiger partial charge in [-0.3, -0.25) is 0 Å². The van der Waals surface area contributed by atoms with Crippen LogP contribution in [0.3, 0.4) is 0 Å². The predicted molar refractivity (Wildman–Crippen MR) is 69.4 cm³/mol. The van der Waals surface area contributed by atoms with Gasteiger partial charge < -0.3 is 5.32 Å². The number of alkyl halides is 1. The molecule has 0 radical (unpaired) electrons. The first-order valence-electron chi connectivity index (χ1n) is 5.45. The number of hydrogen-bond acceptors (Lipinski definition) is 3. The van der Waals surface area contributed by atoms with Gasteiger partial charge in [0, 0.05) is 17.9 Å². The summed E-state index contributed by atoms with van der Waals surface area (Å²) >= 11 is 3.39. The van der Waals surface area contributed by atoms with E-state index >= 15 is 0 Å². The largest absolute Gasteiger partial charge is 0.313 e. The fourth-order valence-electron chi connectivity index (χ4n) is 1.22. The second-order valence-electron chi connectivity index (χ2n) is 3.95. The highest BCUT2D eigenvalue weighted by Crippen LogP contribution is 2.02. The van der Waals surface area contributed by atoms with E-state index in [0.717, 1.165) is 18.2 Å². The summed E-state index contributed by atoms with van der Waals surface area (Å²) in [5, 5.41) is 3.96. The molecule has 0 aliphatic heterocycles. The van der Waals surface area contributed by atoms with Gasteiger partial charge in [0.1, 0.15) is 0 Å². The Morgan fingerprint density at radius 3 is 2.33 bits per heavy atom. The molecule has 0 aliphatic rings. The first kappa shape index (κ1) is 15.4. The summed E-state index contributed by atoms with van der Waals surface area (Å²) in [7, 11) is -2.89. The minimum absolute atomic E-state index is 0.240. The molecular weight excluding hydrogens is 278 g/mol. The molecule has 0 saturated heterocycles. The predicted octanol–water partition coefficient (Wildman–Crippen LogP) is 1.96. The Labute approximate surface area is 102 Å². The van der Waals surface area contributed by atoms with E-state index in [1.54, 1.807) is 13.8 Å². The monoisotopic (exact) mass is 299 g/mol. The van der Waals surface area contributed by atoms with Crippen molar-refractivity contribution in [3.8, 4) is 0 Å². The third-order valence-electron chi connectivity index (χ3n) is 2.49. The summed E-state index contributed by atoms with van der Waals surface area (Å²) in [6.07, 6.45) is 2.07. The lowest BCUT2D eigenvalue weighted by Crippen LogP contribution is -2.34. The maximum atomic E-state index is 11.5. The molecule has 0 spiro atoms. The third-order valence-corrected chi connectivity index (χ3v) is 5.16. The van der Waals surface area contributed by atoms with Crippen molar-refractivity contribution >= 4 is 25.8 Å². The second-order valence-corrected chi connectivity index (χ2v) is 7.42. The fraction of sp³-hybridized carbons (Fsp3) is 1.00. The molecule has 0 saturated carbocycles. The summed E-state index contributed by atoms with van der Waals surface area (Å²) in [5.41, 5.74) is 0. The van der Waals surface area contributed by atoms with Crippen molar-refractivity contribution in [1.29, 1.82) is 0 Å². The van der Waals surface area contributed by atoms with Crippen LogP contribution >= 0.6 is 15.9 Å². The number of rotatable bonds is 8. The van der Waals surface area contributed by atoms with Crippen molar-refractivity contribution < 1.29 is 8.42 Å². The normalized spacial score (nSPS) is 14.5. The molecule has 0 amide bonds. The number of hydrogen-bond donors (Lipinski definition) is 1. The summed E-state index contributed by atoms with van der Waals surface area (Å²) in [6.45, 7) is 6.12. The number of halogens is 1. The van der Waals surface area contributed by atoms with E-state index in [-0.39, 0.29) is 11.0 Å². The lowest BCUT2D eigenvalue weighted by Gasteiger charge is -2.16. The molecule has 0 bridgehead atoms.